The van der Waals surface area contributed by atoms with Gasteiger partial charge < -0.3 is 5.32 Å². The lowest BCUT2D eigenvalue weighted by Crippen LogP contribution is -2.24. The highest BCUT2D eigenvalue weighted by Crippen LogP contribution is 2.16. The van der Waals surface area contributed by atoms with Crippen LogP contribution in [0.3, 0.4) is 0 Å². The number of benzene rings is 1. The van der Waals surface area contributed by atoms with Crippen LogP contribution >= 0.6 is 15.9 Å². The molecule has 1 unspecified atom stereocenters. The zero-order valence-electron chi connectivity index (χ0n) is 10.5. The molecule has 0 bridgehead atoms. The smallest absolute Gasteiger partial charge is 0.248 e. The summed E-state index contributed by atoms with van der Waals surface area (Å²) in [4.78, 5) is 12.0. The zero-order valence-corrected chi connectivity index (χ0v) is 12.1. The molecule has 0 saturated heterocycles. The first kappa shape index (κ1) is 13.7. The first-order chi connectivity index (χ1) is 8.97. The van der Waals surface area contributed by atoms with Crippen LogP contribution in [0, 0.1) is 12.7 Å². The van der Waals surface area contributed by atoms with E-state index in [-0.39, 0.29) is 11.7 Å². The van der Waals surface area contributed by atoms with E-state index in [4.69, 9.17) is 0 Å². The Labute approximate surface area is 118 Å². The molecule has 1 N–H and O–H groups in total. The summed E-state index contributed by atoms with van der Waals surface area (Å²) in [5.74, 6) is -0.592. The van der Waals surface area contributed by atoms with Gasteiger partial charge in [0.1, 0.15) is 11.9 Å². The van der Waals surface area contributed by atoms with Crippen molar-refractivity contribution in [1.82, 2.24) is 9.78 Å². The summed E-state index contributed by atoms with van der Waals surface area (Å²) >= 11 is 3.27. The number of hydrogen-bond acceptors (Lipinski definition) is 2. The summed E-state index contributed by atoms with van der Waals surface area (Å²) in [6.07, 6.45) is 3.31. The second-order valence-electron chi connectivity index (χ2n) is 4.27. The fourth-order valence-corrected chi connectivity index (χ4v) is 1.87. The van der Waals surface area contributed by atoms with Crippen molar-refractivity contribution in [3.05, 3.63) is 46.4 Å². The van der Waals surface area contributed by atoms with Gasteiger partial charge in [0.05, 0.1) is 10.7 Å². The Morgan fingerprint density at radius 1 is 1.53 bits per heavy atom. The number of carbonyl (C=O) groups excluding carboxylic acids is 1. The Morgan fingerprint density at radius 3 is 2.84 bits per heavy atom. The molecule has 100 valence electrons. The van der Waals surface area contributed by atoms with E-state index in [2.05, 4.69) is 26.3 Å². The van der Waals surface area contributed by atoms with E-state index >= 15 is 0 Å². The molecule has 1 heterocycles. The minimum absolute atomic E-state index is 0.251. The number of amides is 1. The second-order valence-corrected chi connectivity index (χ2v) is 5.18. The lowest BCUT2D eigenvalue weighted by molar-refractivity contribution is -0.119. The van der Waals surface area contributed by atoms with Crippen molar-refractivity contribution in [1.29, 1.82) is 0 Å². The van der Waals surface area contributed by atoms with E-state index in [9.17, 15) is 9.18 Å². The van der Waals surface area contributed by atoms with Gasteiger partial charge in [0, 0.05) is 11.9 Å². The van der Waals surface area contributed by atoms with Crippen molar-refractivity contribution in [2.24, 2.45) is 0 Å². The van der Waals surface area contributed by atoms with Gasteiger partial charge in [0.15, 0.2) is 0 Å². The first-order valence-corrected chi connectivity index (χ1v) is 6.53. The normalized spacial score (nSPS) is 12.2. The van der Waals surface area contributed by atoms with Crippen LogP contribution in [0.1, 0.15) is 18.5 Å². The molecular formula is C13H13BrFN3O. The lowest BCUT2D eigenvalue weighted by atomic mass is 10.2. The van der Waals surface area contributed by atoms with E-state index in [0.717, 1.165) is 4.47 Å². The molecule has 6 heteroatoms. The summed E-state index contributed by atoms with van der Waals surface area (Å²) < 4.78 is 15.7. The highest BCUT2D eigenvalue weighted by molar-refractivity contribution is 9.10. The SMILES string of the molecule is Cc1ccc(NC(=O)C(C)n2cc(Br)cn2)cc1F. The summed E-state index contributed by atoms with van der Waals surface area (Å²) in [7, 11) is 0. The molecule has 2 aromatic rings. The van der Waals surface area contributed by atoms with Gasteiger partial charge in [-0.1, -0.05) is 6.07 Å². The molecular weight excluding hydrogens is 313 g/mol. The standard InChI is InChI=1S/C13H13BrFN3O/c1-8-3-4-11(5-12(8)15)17-13(19)9(2)18-7-10(14)6-16-18/h3-7,9H,1-2H3,(H,17,19). The molecule has 0 aliphatic carbocycles. The van der Waals surface area contributed by atoms with Crippen molar-refractivity contribution >= 4 is 27.5 Å². The van der Waals surface area contributed by atoms with Gasteiger partial charge in [-0.2, -0.15) is 5.10 Å². The average molecular weight is 326 g/mol. The zero-order chi connectivity index (χ0) is 14.0. The Kier molecular flexibility index (Phi) is 3.99. The van der Waals surface area contributed by atoms with Gasteiger partial charge >= 0.3 is 0 Å². The summed E-state index contributed by atoms with van der Waals surface area (Å²) in [6, 6.07) is 4.12. The minimum Gasteiger partial charge on any atom is -0.324 e. The molecule has 0 saturated carbocycles. The van der Waals surface area contributed by atoms with Crippen LogP contribution in [-0.4, -0.2) is 15.7 Å². The number of rotatable bonds is 3. The summed E-state index contributed by atoms with van der Waals surface area (Å²) in [6.45, 7) is 3.39. The molecule has 1 aromatic carbocycles. The number of aromatic nitrogens is 2. The van der Waals surface area contributed by atoms with E-state index in [1.807, 2.05) is 0 Å². The Morgan fingerprint density at radius 2 is 2.26 bits per heavy atom. The number of carbonyl (C=O) groups is 1. The van der Waals surface area contributed by atoms with Crippen LogP contribution < -0.4 is 5.32 Å². The third-order valence-corrected chi connectivity index (χ3v) is 3.20. The maximum absolute atomic E-state index is 13.4. The van der Waals surface area contributed by atoms with Gasteiger partial charge in [0.25, 0.3) is 0 Å². The molecule has 0 fully saturated rings. The second kappa shape index (κ2) is 5.52. The molecule has 1 aromatic heterocycles. The predicted molar refractivity (Wildman–Crippen MR) is 74.4 cm³/mol. The summed E-state index contributed by atoms with van der Waals surface area (Å²) in [5, 5.41) is 6.71. The van der Waals surface area contributed by atoms with Gasteiger partial charge in [-0.05, 0) is 47.5 Å². The van der Waals surface area contributed by atoms with E-state index in [1.165, 1.54) is 10.7 Å². The Balaban J connectivity index is 2.10. The highest BCUT2D eigenvalue weighted by atomic mass is 79.9. The third-order valence-electron chi connectivity index (χ3n) is 2.79. The van der Waals surface area contributed by atoms with E-state index in [0.29, 0.717) is 11.3 Å². The van der Waals surface area contributed by atoms with E-state index < -0.39 is 6.04 Å². The Bertz CT molecular complexity index is 612. The van der Waals surface area contributed by atoms with Crippen LogP contribution in [0.25, 0.3) is 0 Å². The maximum atomic E-state index is 13.4. The number of nitrogens with one attached hydrogen (secondary N) is 1. The molecule has 1 amide bonds. The molecule has 0 radical (unpaired) electrons. The minimum atomic E-state index is -0.476. The van der Waals surface area contributed by atoms with Crippen LogP contribution in [-0.2, 0) is 4.79 Å². The summed E-state index contributed by atoms with van der Waals surface area (Å²) in [5.41, 5.74) is 0.980. The monoisotopic (exact) mass is 325 g/mol. The largest absolute Gasteiger partial charge is 0.324 e. The predicted octanol–water partition coefficient (Wildman–Crippen LogP) is 3.29. The van der Waals surface area contributed by atoms with Crippen molar-refractivity contribution < 1.29 is 9.18 Å². The molecule has 0 aliphatic heterocycles. The number of halogens is 2. The fourth-order valence-electron chi connectivity index (χ4n) is 1.56. The highest BCUT2D eigenvalue weighted by Gasteiger charge is 2.16. The molecule has 1 atom stereocenters. The van der Waals surface area contributed by atoms with Crippen molar-refractivity contribution in [3.63, 3.8) is 0 Å². The lowest BCUT2D eigenvalue weighted by Gasteiger charge is -2.13. The third kappa shape index (κ3) is 3.20. The molecule has 4 nitrogen and oxygen atoms in total. The average Bonchev–Trinajstić information content (AvgIpc) is 2.79. The number of aryl methyl sites for hydroxylation is 1. The fraction of sp³-hybridized carbons (Fsp3) is 0.231. The molecule has 2 rings (SSSR count). The van der Waals surface area contributed by atoms with Crippen LogP contribution in [0.15, 0.2) is 35.1 Å². The van der Waals surface area contributed by atoms with Gasteiger partial charge in [0.2, 0.25) is 5.91 Å². The quantitative estimate of drug-likeness (QED) is 0.941. The van der Waals surface area contributed by atoms with Crippen LogP contribution in [0.2, 0.25) is 0 Å². The molecule has 19 heavy (non-hydrogen) atoms. The van der Waals surface area contributed by atoms with Gasteiger partial charge in [-0.25, -0.2) is 4.39 Å². The van der Waals surface area contributed by atoms with Gasteiger partial charge in [-0.3, -0.25) is 9.48 Å². The van der Waals surface area contributed by atoms with Crippen molar-refractivity contribution in [2.45, 2.75) is 19.9 Å². The molecule has 0 spiro atoms. The van der Waals surface area contributed by atoms with Crippen molar-refractivity contribution in [2.75, 3.05) is 5.32 Å². The first-order valence-electron chi connectivity index (χ1n) is 5.74. The van der Waals surface area contributed by atoms with Crippen molar-refractivity contribution in [3.8, 4) is 0 Å². The van der Waals surface area contributed by atoms with Crippen LogP contribution in [0.4, 0.5) is 10.1 Å². The number of anilines is 1. The van der Waals surface area contributed by atoms with Crippen LogP contribution in [0.5, 0.6) is 0 Å². The van der Waals surface area contributed by atoms with E-state index in [1.54, 1.807) is 38.4 Å². The number of nitrogens with zero attached hydrogens (tertiary/aromatic N) is 2. The molecule has 0 aliphatic rings. The van der Waals surface area contributed by atoms with Gasteiger partial charge in [-0.15, -0.1) is 0 Å². The maximum Gasteiger partial charge on any atom is 0.248 e. The topological polar surface area (TPSA) is 46.9 Å². The number of hydrogen-bond donors (Lipinski definition) is 1. The Hall–Kier alpha value is -1.69.